The van der Waals surface area contributed by atoms with E-state index in [2.05, 4.69) is 0 Å². The number of fused-ring (bicyclic) bond motifs is 2. The van der Waals surface area contributed by atoms with Crippen molar-refractivity contribution in [3.63, 3.8) is 0 Å². The van der Waals surface area contributed by atoms with Gasteiger partial charge in [-0.15, -0.1) is 0 Å². The van der Waals surface area contributed by atoms with Crippen molar-refractivity contribution >= 4 is 49.3 Å². The number of nitrogens with zero attached hydrogens (tertiary/aromatic N) is 3. The summed E-state index contributed by atoms with van der Waals surface area (Å²) >= 11 is 0. The molecule has 3 amide bonds. The van der Waals surface area contributed by atoms with E-state index in [1.807, 2.05) is 129 Å². The second kappa shape index (κ2) is 13.5. The molecule has 0 unspecified atom stereocenters. The molecule has 10 heteroatoms. The van der Waals surface area contributed by atoms with Crippen LogP contribution in [0.3, 0.4) is 0 Å². The Morgan fingerprint density at radius 2 is 1.56 bits per heavy atom. The van der Waals surface area contributed by atoms with Crippen molar-refractivity contribution in [2.24, 2.45) is 5.92 Å². The third-order valence-electron chi connectivity index (χ3n) is 9.62. The molecule has 48 heavy (non-hydrogen) atoms. The Morgan fingerprint density at radius 3 is 2.17 bits per heavy atom. The second-order valence-electron chi connectivity index (χ2n) is 13.1. The van der Waals surface area contributed by atoms with E-state index in [0.717, 1.165) is 12.0 Å². The fourth-order valence-electron chi connectivity index (χ4n) is 7.55. The Morgan fingerprint density at radius 1 is 0.938 bits per heavy atom. The van der Waals surface area contributed by atoms with Crippen LogP contribution in [0.4, 0.5) is 22.7 Å². The fourth-order valence-corrected chi connectivity index (χ4v) is 10.1. The molecule has 2 aliphatic rings. The van der Waals surface area contributed by atoms with Gasteiger partial charge in [-0.1, -0.05) is 73.7 Å². The zero-order valence-electron chi connectivity index (χ0n) is 27.4. The van der Waals surface area contributed by atoms with Crippen LogP contribution in [0.2, 0.25) is 18.6 Å². The predicted molar refractivity (Wildman–Crippen MR) is 187 cm³/mol. The van der Waals surface area contributed by atoms with Crippen LogP contribution >= 0.6 is 0 Å². The van der Waals surface area contributed by atoms with Crippen LogP contribution in [0.1, 0.15) is 24.5 Å². The highest BCUT2D eigenvalue weighted by Gasteiger charge is 2.66. The lowest BCUT2D eigenvalue weighted by atomic mass is 9.82. The Labute approximate surface area is 282 Å². The van der Waals surface area contributed by atoms with Crippen molar-refractivity contribution in [1.82, 2.24) is 4.90 Å². The minimum atomic E-state index is -3.07. The maximum Gasteiger partial charge on any atom is 0.268 e. The average molecular weight is 664 g/mol. The second-order valence-corrected chi connectivity index (χ2v) is 17.1. The summed E-state index contributed by atoms with van der Waals surface area (Å²) < 4.78 is 6.94. The van der Waals surface area contributed by atoms with Gasteiger partial charge in [0.1, 0.15) is 0 Å². The van der Waals surface area contributed by atoms with E-state index in [0.29, 0.717) is 34.9 Å². The molecule has 0 saturated carbocycles. The lowest BCUT2D eigenvalue weighted by Crippen LogP contribution is -2.45. The number of rotatable bonds is 11. The number of ether oxygens (including phenoxy) is 1. The van der Waals surface area contributed by atoms with Crippen LogP contribution in [0.25, 0.3) is 0 Å². The summed E-state index contributed by atoms with van der Waals surface area (Å²) in [7, 11) is -3.07. The van der Waals surface area contributed by atoms with Gasteiger partial charge in [-0.3, -0.25) is 24.2 Å². The zero-order valence-corrected chi connectivity index (χ0v) is 28.4. The summed E-state index contributed by atoms with van der Waals surface area (Å²) in [5.41, 5.74) is 1.99. The van der Waals surface area contributed by atoms with Gasteiger partial charge in [0.05, 0.1) is 24.8 Å². The van der Waals surface area contributed by atoms with Crippen LogP contribution in [0, 0.1) is 5.92 Å². The molecular formula is C38H41N3O6Si. The number of aliphatic hydroxyl groups excluding tert-OH is 1. The van der Waals surface area contributed by atoms with E-state index in [9.17, 15) is 24.3 Å². The van der Waals surface area contributed by atoms with Crippen molar-refractivity contribution < 1.29 is 29.0 Å². The summed E-state index contributed by atoms with van der Waals surface area (Å²) in [6.07, 6.45) is -0.104. The minimum absolute atomic E-state index is 0.0707. The first-order chi connectivity index (χ1) is 23.1. The van der Waals surface area contributed by atoms with Gasteiger partial charge >= 0.3 is 0 Å². The maximum absolute atomic E-state index is 14.9. The average Bonchev–Trinajstić information content (AvgIpc) is 3.52. The van der Waals surface area contributed by atoms with Gasteiger partial charge in [-0.05, 0) is 61.1 Å². The predicted octanol–water partition coefficient (Wildman–Crippen LogP) is 5.87. The van der Waals surface area contributed by atoms with Gasteiger partial charge in [0.25, 0.3) is 5.91 Å². The molecular weight excluding hydrogens is 623 g/mol. The van der Waals surface area contributed by atoms with E-state index in [4.69, 9.17) is 4.74 Å². The van der Waals surface area contributed by atoms with Crippen molar-refractivity contribution in [2.75, 3.05) is 23.0 Å². The molecule has 1 fully saturated rings. The van der Waals surface area contributed by atoms with Crippen LogP contribution in [0.15, 0.2) is 109 Å². The van der Waals surface area contributed by atoms with E-state index < -0.39 is 31.5 Å². The standard InChI is InChI=1S/C38H41N3O6Si/c1-27-36(48(2,3)46)34(24-35(44)39(21-22-42)25-28-13-7-4-8-14-28)47-38(27)32-23-31(40(26-43)29-15-9-5-10-16-29)19-20-33(32)41(37(38)45)30-17-11-6-12-18-30/h4-20,23,26-27,34,36,42,46H,21-22,24-25H2,1-3H3/t27-,34+,36-,38+/m0/s1. The number of carbonyl (C=O) groups is 3. The molecule has 4 atom stereocenters. The van der Waals surface area contributed by atoms with Crippen LogP contribution in [0.5, 0.6) is 0 Å². The summed E-state index contributed by atoms with van der Waals surface area (Å²) in [5, 5.41) is 9.83. The minimum Gasteiger partial charge on any atom is -0.432 e. The zero-order chi connectivity index (χ0) is 34.1. The molecule has 6 rings (SSSR count). The first-order valence-corrected chi connectivity index (χ1v) is 19.3. The number of hydrogen-bond donors (Lipinski definition) is 2. The normalized spacial score (nSPS) is 21.7. The third kappa shape index (κ3) is 5.96. The lowest BCUT2D eigenvalue weighted by Gasteiger charge is -2.33. The Kier molecular flexibility index (Phi) is 9.35. The van der Waals surface area contributed by atoms with Crippen LogP contribution in [-0.2, 0) is 31.3 Å². The Balaban J connectivity index is 1.44. The van der Waals surface area contributed by atoms with Gasteiger partial charge in [-0.2, -0.15) is 0 Å². The van der Waals surface area contributed by atoms with Gasteiger partial charge < -0.3 is 19.5 Å². The first kappa shape index (κ1) is 33.3. The number of carbonyl (C=O) groups excluding carboxylic acids is 3. The molecule has 4 aromatic carbocycles. The quantitative estimate of drug-likeness (QED) is 0.154. The fraction of sp³-hybridized carbons (Fsp3) is 0.289. The molecule has 0 bridgehead atoms. The lowest BCUT2D eigenvalue weighted by molar-refractivity contribution is -0.149. The van der Waals surface area contributed by atoms with Crippen molar-refractivity contribution in [3.05, 3.63) is 120 Å². The molecule has 9 nitrogen and oxygen atoms in total. The van der Waals surface area contributed by atoms with E-state index in [1.54, 1.807) is 9.80 Å². The van der Waals surface area contributed by atoms with Crippen molar-refractivity contribution in [3.8, 4) is 0 Å². The molecule has 248 valence electrons. The summed E-state index contributed by atoms with van der Waals surface area (Å²) in [6.45, 7) is 5.81. The number of aliphatic hydroxyl groups is 1. The third-order valence-corrected chi connectivity index (χ3v) is 12.1. The molecule has 0 aromatic heterocycles. The molecule has 2 aliphatic heterocycles. The highest BCUT2D eigenvalue weighted by atomic mass is 28.4. The number of amides is 3. The number of hydrogen-bond acceptors (Lipinski definition) is 6. The number of anilines is 4. The molecule has 4 aromatic rings. The monoisotopic (exact) mass is 663 g/mol. The topological polar surface area (TPSA) is 111 Å². The summed E-state index contributed by atoms with van der Waals surface area (Å²) in [4.78, 5) is 57.9. The van der Waals surface area contributed by atoms with Gasteiger partial charge in [0.15, 0.2) is 13.9 Å². The first-order valence-electron chi connectivity index (χ1n) is 16.3. The Hall–Kier alpha value is -4.61. The molecule has 2 N–H and O–H groups in total. The van der Waals surface area contributed by atoms with Crippen molar-refractivity contribution in [2.45, 2.75) is 50.2 Å². The highest BCUT2D eigenvalue weighted by Crippen LogP contribution is 2.61. The van der Waals surface area contributed by atoms with Crippen LogP contribution in [-0.4, -0.2) is 60.6 Å². The van der Waals surface area contributed by atoms with E-state index in [-0.39, 0.29) is 31.4 Å². The SMILES string of the molecule is C[C@H]1[C@H]([Si](C)(C)O)[C@@H](CC(=O)N(CCO)Cc2ccccc2)O[C@]12C(=O)N(c1ccccc1)c1ccc(N(C=O)c3ccccc3)cc12. The van der Waals surface area contributed by atoms with E-state index >= 15 is 0 Å². The molecule has 0 aliphatic carbocycles. The largest absolute Gasteiger partial charge is 0.432 e. The molecule has 1 spiro atoms. The van der Waals surface area contributed by atoms with Crippen molar-refractivity contribution in [1.29, 1.82) is 0 Å². The van der Waals surface area contributed by atoms with Gasteiger partial charge in [0.2, 0.25) is 12.3 Å². The van der Waals surface area contributed by atoms with Crippen LogP contribution < -0.4 is 9.80 Å². The Bertz CT molecular complexity index is 1770. The van der Waals surface area contributed by atoms with E-state index in [1.165, 1.54) is 4.90 Å². The smallest absolute Gasteiger partial charge is 0.268 e. The number of para-hydroxylation sites is 2. The molecule has 0 radical (unpaired) electrons. The maximum atomic E-state index is 14.9. The van der Waals surface area contributed by atoms with Gasteiger partial charge in [0, 0.05) is 47.2 Å². The van der Waals surface area contributed by atoms with Gasteiger partial charge in [-0.25, -0.2) is 0 Å². The summed E-state index contributed by atoms with van der Waals surface area (Å²) in [5.74, 6) is -1.06. The molecule has 2 heterocycles. The molecule has 1 saturated heterocycles. The number of benzene rings is 4. The summed E-state index contributed by atoms with van der Waals surface area (Å²) in [6, 6.07) is 33.6. The highest BCUT2D eigenvalue weighted by molar-refractivity contribution is 6.71.